The molecule has 2 aromatic heterocycles. The lowest BCUT2D eigenvalue weighted by Crippen LogP contribution is -2.41. The number of piperidine rings is 1. The summed E-state index contributed by atoms with van der Waals surface area (Å²) in [7, 11) is 0. The maximum absolute atomic E-state index is 13.0. The number of pyridine rings is 1. The lowest BCUT2D eigenvalue weighted by atomic mass is 9.99. The van der Waals surface area contributed by atoms with Gasteiger partial charge < -0.3 is 4.90 Å². The van der Waals surface area contributed by atoms with Crippen molar-refractivity contribution in [1.29, 1.82) is 0 Å². The number of amides is 1. The largest absolute Gasteiger partial charge is 0.342 e. The first-order valence-electron chi connectivity index (χ1n) is 10.2. The van der Waals surface area contributed by atoms with Crippen molar-refractivity contribution in [2.45, 2.75) is 37.1 Å². The number of halogens is 2. The molecule has 1 atom stereocenters. The Morgan fingerprint density at radius 2 is 1.94 bits per heavy atom. The summed E-state index contributed by atoms with van der Waals surface area (Å²) in [6.45, 7) is 5.78. The number of likely N-dealkylation sites (tertiary alicyclic amines) is 1. The van der Waals surface area contributed by atoms with Crippen LogP contribution in [-0.2, 0) is 4.79 Å². The summed E-state index contributed by atoms with van der Waals surface area (Å²) in [5.74, 6) is 1.43. The van der Waals surface area contributed by atoms with Crippen LogP contribution in [0.1, 0.15) is 26.7 Å². The van der Waals surface area contributed by atoms with Crippen molar-refractivity contribution in [2.75, 3.05) is 13.1 Å². The van der Waals surface area contributed by atoms with E-state index in [0.717, 1.165) is 37.2 Å². The van der Waals surface area contributed by atoms with Crippen LogP contribution in [-0.4, -0.2) is 48.9 Å². The minimum atomic E-state index is -0.291. The Morgan fingerprint density at radius 1 is 1.16 bits per heavy atom. The molecule has 4 rings (SSSR count). The Labute approximate surface area is 196 Å². The fourth-order valence-electron chi connectivity index (χ4n) is 3.58. The zero-order valence-corrected chi connectivity index (χ0v) is 19.7. The number of hydrogen-bond donors (Lipinski definition) is 0. The summed E-state index contributed by atoms with van der Waals surface area (Å²) in [4.78, 5) is 19.2. The molecule has 1 aliphatic rings. The molecule has 0 N–H and O–H groups in total. The van der Waals surface area contributed by atoms with E-state index in [2.05, 4.69) is 22.1 Å². The Kier molecular flexibility index (Phi) is 6.84. The maximum Gasteiger partial charge on any atom is 0.235 e. The first-order valence-corrected chi connectivity index (χ1v) is 11.8. The van der Waals surface area contributed by atoms with E-state index in [-0.39, 0.29) is 11.2 Å². The molecule has 9 heteroatoms. The number of rotatable bonds is 5. The summed E-state index contributed by atoms with van der Waals surface area (Å²) >= 11 is 13.8. The molecule has 1 saturated heterocycles. The topological polar surface area (TPSA) is 63.9 Å². The van der Waals surface area contributed by atoms with Crippen molar-refractivity contribution in [3.8, 4) is 17.1 Å². The molecular weight excluding hydrogens is 453 g/mol. The minimum Gasteiger partial charge on any atom is -0.342 e. The van der Waals surface area contributed by atoms with Gasteiger partial charge in [0.2, 0.25) is 5.91 Å². The lowest BCUT2D eigenvalue weighted by molar-refractivity contribution is -0.131. The van der Waals surface area contributed by atoms with Gasteiger partial charge in [-0.3, -0.25) is 14.3 Å². The van der Waals surface area contributed by atoms with Gasteiger partial charge in [0, 0.05) is 31.0 Å². The normalized spacial score (nSPS) is 15.8. The van der Waals surface area contributed by atoms with Crippen LogP contribution >= 0.6 is 35.0 Å². The predicted octanol–water partition coefficient (Wildman–Crippen LogP) is 5.38. The number of carbonyl (C=O) groups excluding carboxylic acids is 1. The highest BCUT2D eigenvalue weighted by Crippen LogP contribution is 2.33. The summed E-state index contributed by atoms with van der Waals surface area (Å²) in [5, 5.41) is 10.0. The smallest absolute Gasteiger partial charge is 0.235 e. The van der Waals surface area contributed by atoms with Crippen molar-refractivity contribution >= 4 is 40.9 Å². The van der Waals surface area contributed by atoms with Gasteiger partial charge in [0.25, 0.3) is 0 Å². The second kappa shape index (κ2) is 9.59. The molecule has 3 aromatic rings. The van der Waals surface area contributed by atoms with Crippen LogP contribution in [0.15, 0.2) is 47.9 Å². The van der Waals surface area contributed by atoms with Gasteiger partial charge >= 0.3 is 0 Å². The molecule has 1 fully saturated rings. The van der Waals surface area contributed by atoms with Gasteiger partial charge in [0.15, 0.2) is 11.0 Å². The minimum absolute atomic E-state index is 0.128. The molecular formula is C22H23Cl2N5OS. The molecule has 1 aliphatic heterocycles. The Morgan fingerprint density at radius 3 is 2.61 bits per heavy atom. The van der Waals surface area contributed by atoms with E-state index in [9.17, 15) is 4.79 Å². The molecule has 0 aliphatic carbocycles. The van der Waals surface area contributed by atoms with Crippen LogP contribution in [0.2, 0.25) is 10.0 Å². The number of hydrogen-bond acceptors (Lipinski definition) is 5. The molecule has 0 saturated carbocycles. The van der Waals surface area contributed by atoms with Crippen molar-refractivity contribution in [1.82, 2.24) is 24.6 Å². The van der Waals surface area contributed by atoms with E-state index in [1.807, 2.05) is 34.6 Å². The standard InChI is InChI=1S/C22H23Cl2N5OS/c1-14-7-10-28(11-8-14)21(30)15(2)31-22-27-26-20(16-4-3-9-25-13-16)29(22)17-5-6-18(23)19(24)12-17/h3-6,9,12-15H,7-8,10-11H2,1-2H3. The second-order valence-electron chi connectivity index (χ2n) is 7.75. The van der Waals surface area contributed by atoms with E-state index in [1.54, 1.807) is 24.5 Å². The van der Waals surface area contributed by atoms with E-state index >= 15 is 0 Å². The van der Waals surface area contributed by atoms with Gasteiger partial charge in [-0.25, -0.2) is 0 Å². The summed E-state index contributed by atoms with van der Waals surface area (Å²) in [6.07, 6.45) is 5.54. The fourth-order valence-corrected chi connectivity index (χ4v) is 4.82. The van der Waals surface area contributed by atoms with Crippen LogP contribution < -0.4 is 0 Å². The lowest BCUT2D eigenvalue weighted by Gasteiger charge is -2.32. The SMILES string of the molecule is CC1CCN(C(=O)C(C)Sc2nnc(-c3cccnc3)n2-c2ccc(Cl)c(Cl)c2)CC1. The van der Waals surface area contributed by atoms with Gasteiger partial charge in [-0.2, -0.15) is 0 Å². The van der Waals surface area contributed by atoms with Gasteiger partial charge in [-0.15, -0.1) is 10.2 Å². The van der Waals surface area contributed by atoms with E-state index in [0.29, 0.717) is 26.9 Å². The van der Waals surface area contributed by atoms with Crippen molar-refractivity contribution in [3.05, 3.63) is 52.8 Å². The highest BCUT2D eigenvalue weighted by molar-refractivity contribution is 8.00. The number of aromatic nitrogens is 4. The molecule has 31 heavy (non-hydrogen) atoms. The molecule has 0 bridgehead atoms. The number of benzene rings is 1. The second-order valence-corrected chi connectivity index (χ2v) is 9.87. The average molecular weight is 476 g/mol. The maximum atomic E-state index is 13.0. The van der Waals surface area contributed by atoms with Gasteiger partial charge in [-0.1, -0.05) is 41.9 Å². The molecule has 1 amide bonds. The number of carbonyl (C=O) groups is 1. The van der Waals surface area contributed by atoms with Crippen molar-refractivity contribution in [3.63, 3.8) is 0 Å². The first-order chi connectivity index (χ1) is 14.9. The number of nitrogens with zero attached hydrogens (tertiary/aromatic N) is 5. The molecule has 6 nitrogen and oxygen atoms in total. The quantitative estimate of drug-likeness (QED) is 0.463. The number of thioether (sulfide) groups is 1. The molecule has 1 unspecified atom stereocenters. The van der Waals surface area contributed by atoms with Crippen LogP contribution in [0.25, 0.3) is 17.1 Å². The molecule has 162 valence electrons. The highest BCUT2D eigenvalue weighted by atomic mass is 35.5. The zero-order chi connectivity index (χ0) is 22.0. The first kappa shape index (κ1) is 22.1. The third-order valence-electron chi connectivity index (χ3n) is 5.44. The third-order valence-corrected chi connectivity index (χ3v) is 7.21. The van der Waals surface area contributed by atoms with Gasteiger partial charge in [0.1, 0.15) is 0 Å². The van der Waals surface area contributed by atoms with Gasteiger partial charge in [0.05, 0.1) is 21.0 Å². The predicted molar refractivity (Wildman–Crippen MR) is 125 cm³/mol. The van der Waals surface area contributed by atoms with E-state index < -0.39 is 0 Å². The fraction of sp³-hybridized carbons (Fsp3) is 0.364. The van der Waals surface area contributed by atoms with Gasteiger partial charge in [-0.05, 0) is 56.0 Å². The summed E-state index contributed by atoms with van der Waals surface area (Å²) in [6, 6.07) is 9.14. The monoisotopic (exact) mass is 475 g/mol. The molecule has 3 heterocycles. The Hall–Kier alpha value is -2.09. The summed E-state index contributed by atoms with van der Waals surface area (Å²) < 4.78 is 1.89. The summed E-state index contributed by atoms with van der Waals surface area (Å²) in [5.41, 5.74) is 1.59. The van der Waals surface area contributed by atoms with Crippen LogP contribution in [0, 0.1) is 5.92 Å². The van der Waals surface area contributed by atoms with Crippen LogP contribution in [0.5, 0.6) is 0 Å². The molecule has 0 spiro atoms. The van der Waals surface area contributed by atoms with E-state index in [1.165, 1.54) is 11.8 Å². The Balaban J connectivity index is 1.66. The van der Waals surface area contributed by atoms with Crippen LogP contribution in [0.3, 0.4) is 0 Å². The highest BCUT2D eigenvalue weighted by Gasteiger charge is 2.27. The van der Waals surface area contributed by atoms with Crippen LogP contribution in [0.4, 0.5) is 0 Å². The van der Waals surface area contributed by atoms with E-state index in [4.69, 9.17) is 23.2 Å². The van der Waals surface area contributed by atoms with Crippen molar-refractivity contribution in [2.24, 2.45) is 5.92 Å². The zero-order valence-electron chi connectivity index (χ0n) is 17.3. The third kappa shape index (κ3) is 4.89. The van der Waals surface area contributed by atoms with Crippen molar-refractivity contribution < 1.29 is 4.79 Å². The molecule has 1 aromatic carbocycles. The molecule has 0 radical (unpaired) electrons. The Bertz CT molecular complexity index is 1070. The average Bonchev–Trinajstić information content (AvgIpc) is 3.19.